The zero-order valence-corrected chi connectivity index (χ0v) is 12.4. The molecule has 104 valence electrons. The molecule has 1 amide bonds. The smallest absolute Gasteiger partial charge is 0.258 e. The number of carbonyl (C=O) groups is 1. The van der Waals surface area contributed by atoms with Crippen molar-refractivity contribution < 1.29 is 9.21 Å². The number of rotatable bonds is 2. The van der Waals surface area contributed by atoms with Crippen molar-refractivity contribution >= 4 is 27.7 Å². The Kier molecular flexibility index (Phi) is 3.73. The van der Waals surface area contributed by atoms with E-state index in [1.807, 2.05) is 23.1 Å². The molecule has 0 saturated carbocycles. The first-order valence-corrected chi connectivity index (χ1v) is 7.23. The van der Waals surface area contributed by atoms with E-state index in [-0.39, 0.29) is 5.91 Å². The molecule has 1 aliphatic heterocycles. The number of hydrogen-bond donors (Lipinski definition) is 0. The molecule has 6 heteroatoms. The van der Waals surface area contributed by atoms with Crippen LogP contribution in [0, 0.1) is 0 Å². The van der Waals surface area contributed by atoms with Gasteiger partial charge in [0.2, 0.25) is 0 Å². The molecule has 0 N–H and O–H groups in total. The van der Waals surface area contributed by atoms with Gasteiger partial charge in [0.05, 0.1) is 11.8 Å². The summed E-state index contributed by atoms with van der Waals surface area (Å²) in [5, 5.41) is 0. The lowest BCUT2D eigenvalue weighted by Gasteiger charge is -2.35. The fourth-order valence-corrected chi connectivity index (χ4v) is 2.71. The number of anilines is 1. The van der Waals surface area contributed by atoms with Gasteiger partial charge < -0.3 is 14.2 Å². The SMILES string of the molecule is O=C(c1ccoc1Br)N1CCN(c2ccccn2)CC1. The Bertz CT molecular complexity index is 591. The molecular formula is C14H14BrN3O2. The highest BCUT2D eigenvalue weighted by atomic mass is 79.9. The molecule has 3 rings (SSSR count). The fourth-order valence-electron chi connectivity index (χ4n) is 2.30. The second kappa shape index (κ2) is 5.66. The average molecular weight is 336 g/mol. The lowest BCUT2D eigenvalue weighted by Crippen LogP contribution is -2.49. The van der Waals surface area contributed by atoms with Crippen molar-refractivity contribution in [3.05, 3.63) is 47.0 Å². The summed E-state index contributed by atoms with van der Waals surface area (Å²) in [6.07, 6.45) is 3.30. The van der Waals surface area contributed by atoms with E-state index in [2.05, 4.69) is 25.8 Å². The van der Waals surface area contributed by atoms with Gasteiger partial charge in [-0.3, -0.25) is 4.79 Å². The summed E-state index contributed by atoms with van der Waals surface area (Å²) in [5.74, 6) is 0.968. The average Bonchev–Trinajstić information content (AvgIpc) is 2.94. The van der Waals surface area contributed by atoms with Crippen LogP contribution in [-0.2, 0) is 0 Å². The largest absolute Gasteiger partial charge is 0.457 e. The van der Waals surface area contributed by atoms with E-state index < -0.39 is 0 Å². The molecule has 0 unspecified atom stereocenters. The predicted molar refractivity (Wildman–Crippen MR) is 78.8 cm³/mol. The van der Waals surface area contributed by atoms with Crippen LogP contribution in [0.5, 0.6) is 0 Å². The zero-order valence-electron chi connectivity index (χ0n) is 10.8. The molecule has 1 fully saturated rings. The Morgan fingerprint density at radius 1 is 1.20 bits per heavy atom. The van der Waals surface area contributed by atoms with Crippen molar-refractivity contribution in [2.75, 3.05) is 31.1 Å². The van der Waals surface area contributed by atoms with Crippen molar-refractivity contribution in [1.82, 2.24) is 9.88 Å². The van der Waals surface area contributed by atoms with E-state index in [1.165, 1.54) is 6.26 Å². The maximum atomic E-state index is 12.3. The number of hydrogen-bond acceptors (Lipinski definition) is 4. The molecule has 0 bridgehead atoms. The third-order valence-corrected chi connectivity index (χ3v) is 4.00. The number of halogens is 1. The molecule has 0 aliphatic carbocycles. The topological polar surface area (TPSA) is 49.6 Å². The van der Waals surface area contributed by atoms with E-state index in [0.29, 0.717) is 23.3 Å². The highest BCUT2D eigenvalue weighted by molar-refractivity contribution is 9.10. The van der Waals surface area contributed by atoms with Gasteiger partial charge in [-0.2, -0.15) is 0 Å². The van der Waals surface area contributed by atoms with Gasteiger partial charge in [-0.15, -0.1) is 0 Å². The number of piperazine rings is 1. The lowest BCUT2D eigenvalue weighted by molar-refractivity contribution is 0.0744. The Morgan fingerprint density at radius 3 is 2.60 bits per heavy atom. The Morgan fingerprint density at radius 2 is 2.00 bits per heavy atom. The van der Waals surface area contributed by atoms with E-state index in [9.17, 15) is 4.79 Å². The molecule has 1 saturated heterocycles. The highest BCUT2D eigenvalue weighted by Gasteiger charge is 2.24. The first-order valence-electron chi connectivity index (χ1n) is 6.44. The van der Waals surface area contributed by atoms with E-state index in [1.54, 1.807) is 12.3 Å². The summed E-state index contributed by atoms with van der Waals surface area (Å²) in [5.41, 5.74) is 0.580. The quantitative estimate of drug-likeness (QED) is 0.845. The summed E-state index contributed by atoms with van der Waals surface area (Å²) in [7, 11) is 0. The molecule has 0 radical (unpaired) electrons. The number of carbonyl (C=O) groups excluding carboxylic acids is 1. The normalized spacial score (nSPS) is 15.4. The van der Waals surface area contributed by atoms with Crippen LogP contribution in [-0.4, -0.2) is 42.0 Å². The summed E-state index contributed by atoms with van der Waals surface area (Å²) >= 11 is 3.25. The van der Waals surface area contributed by atoms with E-state index >= 15 is 0 Å². The van der Waals surface area contributed by atoms with Crippen molar-refractivity contribution in [3.63, 3.8) is 0 Å². The minimum atomic E-state index is 0.00583. The van der Waals surface area contributed by atoms with Gasteiger partial charge in [0.1, 0.15) is 5.82 Å². The van der Waals surface area contributed by atoms with Crippen LogP contribution in [0.4, 0.5) is 5.82 Å². The number of pyridine rings is 1. The first-order chi connectivity index (χ1) is 9.75. The van der Waals surface area contributed by atoms with Crippen LogP contribution in [0.25, 0.3) is 0 Å². The van der Waals surface area contributed by atoms with E-state index in [4.69, 9.17) is 4.42 Å². The summed E-state index contributed by atoms with van der Waals surface area (Å²) < 4.78 is 5.61. The van der Waals surface area contributed by atoms with Crippen molar-refractivity contribution in [2.45, 2.75) is 0 Å². The van der Waals surface area contributed by atoms with Crippen molar-refractivity contribution in [2.24, 2.45) is 0 Å². The molecular weight excluding hydrogens is 322 g/mol. The Hall–Kier alpha value is -1.82. The van der Waals surface area contributed by atoms with Gasteiger partial charge in [-0.05, 0) is 34.1 Å². The van der Waals surface area contributed by atoms with Crippen molar-refractivity contribution in [1.29, 1.82) is 0 Å². The predicted octanol–water partition coefficient (Wildman–Crippen LogP) is 2.40. The maximum absolute atomic E-state index is 12.3. The summed E-state index contributed by atoms with van der Waals surface area (Å²) in [6.45, 7) is 2.95. The van der Waals surface area contributed by atoms with Crippen molar-refractivity contribution in [3.8, 4) is 0 Å². The third-order valence-electron chi connectivity index (χ3n) is 3.39. The number of furan rings is 1. The molecule has 5 nitrogen and oxygen atoms in total. The highest BCUT2D eigenvalue weighted by Crippen LogP contribution is 2.21. The number of amides is 1. The lowest BCUT2D eigenvalue weighted by atomic mass is 10.2. The second-order valence-electron chi connectivity index (χ2n) is 4.58. The van der Waals surface area contributed by atoms with Gasteiger partial charge in [0.15, 0.2) is 4.67 Å². The molecule has 3 heterocycles. The van der Waals surface area contributed by atoms with Gasteiger partial charge in [-0.1, -0.05) is 6.07 Å². The van der Waals surface area contributed by atoms with Crippen LogP contribution in [0.15, 0.2) is 45.8 Å². The zero-order chi connectivity index (χ0) is 13.9. The molecule has 2 aromatic rings. The minimum absolute atomic E-state index is 0.00583. The van der Waals surface area contributed by atoms with Crippen LogP contribution >= 0.6 is 15.9 Å². The molecule has 0 spiro atoms. The van der Waals surface area contributed by atoms with E-state index in [0.717, 1.165) is 18.9 Å². The maximum Gasteiger partial charge on any atom is 0.258 e. The second-order valence-corrected chi connectivity index (χ2v) is 5.30. The van der Waals surface area contributed by atoms with Crippen LogP contribution < -0.4 is 4.90 Å². The molecule has 2 aromatic heterocycles. The van der Waals surface area contributed by atoms with Gasteiger partial charge in [0, 0.05) is 32.4 Å². The molecule has 20 heavy (non-hydrogen) atoms. The Labute approximate surface area is 125 Å². The monoisotopic (exact) mass is 335 g/mol. The van der Waals surface area contributed by atoms with Gasteiger partial charge in [0.25, 0.3) is 5.91 Å². The molecule has 0 aromatic carbocycles. The van der Waals surface area contributed by atoms with Gasteiger partial charge in [-0.25, -0.2) is 4.98 Å². The number of aromatic nitrogens is 1. The molecule has 0 atom stereocenters. The van der Waals surface area contributed by atoms with Crippen LogP contribution in [0.1, 0.15) is 10.4 Å². The van der Waals surface area contributed by atoms with Crippen LogP contribution in [0.3, 0.4) is 0 Å². The summed E-state index contributed by atoms with van der Waals surface area (Å²) in [6, 6.07) is 7.56. The fraction of sp³-hybridized carbons (Fsp3) is 0.286. The Balaban J connectivity index is 1.64. The summed E-state index contributed by atoms with van der Waals surface area (Å²) in [4.78, 5) is 20.7. The minimum Gasteiger partial charge on any atom is -0.457 e. The standard InChI is InChI=1S/C14H14BrN3O2/c15-13-11(4-10-20-13)14(19)18-8-6-17(7-9-18)12-3-1-2-5-16-12/h1-5,10H,6-9H2. The molecule has 1 aliphatic rings. The van der Waals surface area contributed by atoms with Crippen LogP contribution in [0.2, 0.25) is 0 Å². The first kappa shape index (κ1) is 13.2. The van der Waals surface area contributed by atoms with Gasteiger partial charge >= 0.3 is 0 Å². The third kappa shape index (κ3) is 2.56. The number of nitrogens with zero attached hydrogens (tertiary/aromatic N) is 3.